The van der Waals surface area contributed by atoms with E-state index in [2.05, 4.69) is 31.1 Å². The lowest BCUT2D eigenvalue weighted by Gasteiger charge is -2.23. The standard InChI is InChI=1S/C23H24N6O3S/c1-2-20(21-9-10-26-23(28-21)29-33(31,32)19-7-8-19)22(30)27-18-5-3-16(4-6-18)17-11-15(12-24)13-25-14-17/h3-6,9-11,13-14,19-20,22,27,30H,2,7-8H2,1H3,(H,26,28,29). The number of nitrogens with zero attached hydrogens (tertiary/aromatic N) is 4. The number of hydrogen-bond donors (Lipinski definition) is 3. The van der Waals surface area contributed by atoms with E-state index in [9.17, 15) is 13.5 Å². The van der Waals surface area contributed by atoms with Crippen LogP contribution in [0.15, 0.2) is 55.0 Å². The number of nitriles is 1. The highest BCUT2D eigenvalue weighted by Gasteiger charge is 2.36. The van der Waals surface area contributed by atoms with Crippen LogP contribution in [-0.4, -0.2) is 40.0 Å². The fourth-order valence-corrected chi connectivity index (χ4v) is 4.78. The molecular formula is C23H24N6O3S. The highest BCUT2D eigenvalue weighted by Crippen LogP contribution is 2.30. The first-order valence-corrected chi connectivity index (χ1v) is 12.2. The highest BCUT2D eigenvalue weighted by molar-refractivity contribution is 7.93. The van der Waals surface area contributed by atoms with Gasteiger partial charge in [-0.3, -0.25) is 9.71 Å². The van der Waals surface area contributed by atoms with Gasteiger partial charge in [-0.2, -0.15) is 5.26 Å². The van der Waals surface area contributed by atoms with Crippen LogP contribution in [0.3, 0.4) is 0 Å². The number of rotatable bonds is 9. The summed E-state index contributed by atoms with van der Waals surface area (Å²) in [6, 6.07) is 12.9. The van der Waals surface area contributed by atoms with E-state index in [1.54, 1.807) is 18.3 Å². The van der Waals surface area contributed by atoms with Crippen LogP contribution >= 0.6 is 0 Å². The van der Waals surface area contributed by atoms with Crippen molar-refractivity contribution in [3.8, 4) is 17.2 Å². The molecule has 0 aliphatic heterocycles. The molecule has 0 saturated heterocycles. The molecule has 0 bridgehead atoms. The number of sulfonamides is 1. The van der Waals surface area contributed by atoms with Gasteiger partial charge >= 0.3 is 0 Å². The maximum Gasteiger partial charge on any atom is 0.237 e. The van der Waals surface area contributed by atoms with Gasteiger partial charge in [0.1, 0.15) is 12.3 Å². The van der Waals surface area contributed by atoms with Crippen molar-refractivity contribution in [1.29, 1.82) is 5.26 Å². The molecule has 3 N–H and O–H groups in total. The van der Waals surface area contributed by atoms with E-state index in [4.69, 9.17) is 5.26 Å². The number of nitrogens with one attached hydrogen (secondary N) is 2. The SMILES string of the molecule is CCC(c1ccnc(NS(=O)(=O)C2CC2)n1)C(O)Nc1ccc(-c2cncc(C#N)c2)cc1. The fourth-order valence-electron chi connectivity index (χ4n) is 3.50. The molecule has 9 nitrogen and oxygen atoms in total. The molecule has 0 spiro atoms. The Morgan fingerprint density at radius 1 is 1.18 bits per heavy atom. The average Bonchev–Trinajstić information content (AvgIpc) is 3.66. The largest absolute Gasteiger partial charge is 0.373 e. The van der Waals surface area contributed by atoms with E-state index in [-0.39, 0.29) is 17.1 Å². The number of anilines is 2. The third-order valence-corrected chi connectivity index (χ3v) is 7.29. The number of pyridine rings is 1. The molecule has 33 heavy (non-hydrogen) atoms. The van der Waals surface area contributed by atoms with Crippen LogP contribution < -0.4 is 10.0 Å². The molecule has 0 radical (unpaired) electrons. The van der Waals surface area contributed by atoms with Crippen LogP contribution in [0.25, 0.3) is 11.1 Å². The Morgan fingerprint density at radius 2 is 1.94 bits per heavy atom. The van der Waals surface area contributed by atoms with Crippen molar-refractivity contribution in [1.82, 2.24) is 15.0 Å². The monoisotopic (exact) mass is 464 g/mol. The Balaban J connectivity index is 1.46. The molecule has 1 aliphatic carbocycles. The van der Waals surface area contributed by atoms with Gasteiger partial charge in [0.25, 0.3) is 0 Å². The molecule has 1 fully saturated rings. The lowest BCUT2D eigenvalue weighted by Crippen LogP contribution is -2.28. The second-order valence-corrected chi connectivity index (χ2v) is 9.87. The number of aromatic nitrogens is 3. The molecule has 4 rings (SSSR count). The summed E-state index contributed by atoms with van der Waals surface area (Å²) in [6.45, 7) is 1.92. The van der Waals surface area contributed by atoms with E-state index in [0.29, 0.717) is 36.2 Å². The second kappa shape index (κ2) is 9.52. The molecule has 1 saturated carbocycles. The predicted octanol–water partition coefficient (Wildman–Crippen LogP) is 3.24. The van der Waals surface area contributed by atoms with E-state index < -0.39 is 16.3 Å². The van der Waals surface area contributed by atoms with Gasteiger partial charge in [-0.25, -0.2) is 18.4 Å². The van der Waals surface area contributed by atoms with Gasteiger partial charge < -0.3 is 10.4 Å². The Kier molecular flexibility index (Phi) is 6.53. The average molecular weight is 465 g/mol. The topological polar surface area (TPSA) is 141 Å². The van der Waals surface area contributed by atoms with Gasteiger partial charge in [0.2, 0.25) is 16.0 Å². The van der Waals surface area contributed by atoms with Crippen molar-refractivity contribution in [3.63, 3.8) is 0 Å². The van der Waals surface area contributed by atoms with Crippen LogP contribution in [0.2, 0.25) is 0 Å². The summed E-state index contributed by atoms with van der Waals surface area (Å²) < 4.78 is 26.8. The summed E-state index contributed by atoms with van der Waals surface area (Å²) in [5.41, 5.74) is 3.46. The fraction of sp³-hybridized carbons (Fsp3) is 0.304. The van der Waals surface area contributed by atoms with E-state index in [1.807, 2.05) is 31.2 Å². The lowest BCUT2D eigenvalue weighted by atomic mass is 9.99. The Bertz CT molecular complexity index is 1270. The van der Waals surface area contributed by atoms with Crippen molar-refractivity contribution in [3.05, 3.63) is 66.2 Å². The van der Waals surface area contributed by atoms with Gasteiger partial charge in [0, 0.05) is 35.8 Å². The third-order valence-electron chi connectivity index (χ3n) is 5.47. The Labute approximate surface area is 192 Å². The maximum atomic E-state index is 12.2. The number of aliphatic hydroxyl groups is 1. The van der Waals surface area contributed by atoms with Crippen LogP contribution in [-0.2, 0) is 10.0 Å². The van der Waals surface area contributed by atoms with E-state index in [0.717, 1.165) is 11.1 Å². The molecule has 3 aromatic rings. The van der Waals surface area contributed by atoms with Crippen molar-refractivity contribution in [2.45, 2.75) is 43.6 Å². The minimum atomic E-state index is -3.47. The summed E-state index contributed by atoms with van der Waals surface area (Å²) in [5.74, 6) is -0.365. The van der Waals surface area contributed by atoms with E-state index >= 15 is 0 Å². The van der Waals surface area contributed by atoms with Gasteiger partial charge in [-0.15, -0.1) is 0 Å². The summed E-state index contributed by atoms with van der Waals surface area (Å²) in [7, 11) is -3.47. The van der Waals surface area contributed by atoms with Gasteiger partial charge in [0.05, 0.1) is 16.5 Å². The zero-order valence-corrected chi connectivity index (χ0v) is 18.8. The predicted molar refractivity (Wildman–Crippen MR) is 125 cm³/mol. The number of hydrogen-bond acceptors (Lipinski definition) is 8. The van der Waals surface area contributed by atoms with Gasteiger partial charge in [-0.1, -0.05) is 19.1 Å². The summed E-state index contributed by atoms with van der Waals surface area (Å²) in [6.07, 6.45) is 5.60. The normalized spacial score (nSPS) is 15.3. The quantitative estimate of drug-likeness (QED) is 0.410. The molecule has 2 aromatic heterocycles. The maximum absolute atomic E-state index is 12.2. The van der Waals surface area contributed by atoms with Crippen molar-refractivity contribution in [2.75, 3.05) is 10.0 Å². The minimum Gasteiger partial charge on any atom is -0.373 e. The molecule has 10 heteroatoms. The molecule has 0 amide bonds. The van der Waals surface area contributed by atoms with Gasteiger partial charge in [0.15, 0.2) is 0 Å². The summed E-state index contributed by atoms with van der Waals surface area (Å²) in [4.78, 5) is 12.4. The second-order valence-electron chi connectivity index (χ2n) is 7.91. The van der Waals surface area contributed by atoms with Crippen molar-refractivity contribution in [2.24, 2.45) is 0 Å². The Morgan fingerprint density at radius 3 is 2.61 bits per heavy atom. The van der Waals surface area contributed by atoms with Crippen LogP contribution in [0.5, 0.6) is 0 Å². The third kappa shape index (κ3) is 5.45. The molecule has 2 atom stereocenters. The first kappa shape index (κ1) is 22.6. The Hall–Kier alpha value is -3.55. The molecule has 1 aliphatic rings. The van der Waals surface area contributed by atoms with Crippen molar-refractivity contribution >= 4 is 21.7 Å². The summed E-state index contributed by atoms with van der Waals surface area (Å²) >= 11 is 0. The zero-order chi connectivity index (χ0) is 23.4. The number of benzene rings is 1. The first-order valence-electron chi connectivity index (χ1n) is 10.6. The lowest BCUT2D eigenvalue weighted by molar-refractivity contribution is 0.166. The molecule has 2 heterocycles. The minimum absolute atomic E-state index is 0.0163. The molecule has 2 unspecified atom stereocenters. The van der Waals surface area contributed by atoms with Crippen LogP contribution in [0, 0.1) is 11.3 Å². The molecule has 170 valence electrons. The first-order chi connectivity index (χ1) is 15.9. The number of aliphatic hydroxyl groups excluding tert-OH is 1. The van der Waals surface area contributed by atoms with Crippen LogP contribution in [0.1, 0.15) is 43.4 Å². The zero-order valence-electron chi connectivity index (χ0n) is 18.0. The van der Waals surface area contributed by atoms with Gasteiger partial charge in [-0.05, 0) is 49.1 Å². The molecule has 1 aromatic carbocycles. The highest BCUT2D eigenvalue weighted by atomic mass is 32.2. The smallest absolute Gasteiger partial charge is 0.237 e. The molecular weight excluding hydrogens is 440 g/mol. The summed E-state index contributed by atoms with van der Waals surface area (Å²) in [5, 5.41) is 22.6. The van der Waals surface area contributed by atoms with E-state index in [1.165, 1.54) is 12.4 Å². The van der Waals surface area contributed by atoms with Crippen molar-refractivity contribution < 1.29 is 13.5 Å². The van der Waals surface area contributed by atoms with Crippen LogP contribution in [0.4, 0.5) is 11.6 Å².